The molecule has 1 saturated heterocycles. The Morgan fingerprint density at radius 3 is 2.39 bits per heavy atom. The van der Waals surface area contributed by atoms with Gasteiger partial charge in [0.2, 0.25) is 0 Å². The first kappa shape index (κ1) is 20.0. The molecule has 0 aromatic heterocycles. The normalized spacial score (nSPS) is 17.7. The van der Waals surface area contributed by atoms with E-state index >= 15 is 0 Å². The van der Waals surface area contributed by atoms with Crippen molar-refractivity contribution in [2.24, 2.45) is 0 Å². The first-order valence-corrected chi connectivity index (χ1v) is 6.93. The Bertz CT molecular complexity index is 488. The monoisotopic (exact) mass is 358 g/mol. The summed E-state index contributed by atoms with van der Waals surface area (Å²) in [5.74, 6) is -3.77. The minimum Gasteiger partial charge on any atom is -0.434 e. The molecule has 1 heterocycles. The summed E-state index contributed by atoms with van der Waals surface area (Å²) in [4.78, 5) is 1.47. The van der Waals surface area contributed by atoms with Gasteiger partial charge in [-0.05, 0) is 6.07 Å². The maximum atomic E-state index is 14.2. The molecule has 9 heteroatoms. The molecule has 0 saturated carbocycles. The Kier molecular flexibility index (Phi) is 7.53. The van der Waals surface area contributed by atoms with Crippen molar-refractivity contribution in [2.45, 2.75) is 18.6 Å². The lowest BCUT2D eigenvalue weighted by molar-refractivity contribution is -0.120. The van der Waals surface area contributed by atoms with Crippen molar-refractivity contribution in [1.29, 1.82) is 0 Å². The van der Waals surface area contributed by atoms with Crippen molar-refractivity contribution < 1.29 is 27.4 Å². The van der Waals surface area contributed by atoms with Crippen LogP contribution in [0.25, 0.3) is 0 Å². The number of para-hydroxylation sites is 1. The molecule has 2 N–H and O–H groups in total. The van der Waals surface area contributed by atoms with Crippen LogP contribution >= 0.6 is 12.4 Å². The topological polar surface area (TPSA) is 44.7 Å². The fourth-order valence-corrected chi connectivity index (χ4v) is 2.63. The van der Waals surface area contributed by atoms with Crippen LogP contribution < -0.4 is 10.1 Å². The smallest absolute Gasteiger partial charge is 0.387 e. The second-order valence-electron chi connectivity index (χ2n) is 5.02. The van der Waals surface area contributed by atoms with Gasteiger partial charge in [-0.15, -0.1) is 12.4 Å². The lowest BCUT2D eigenvalue weighted by atomic mass is 9.97. The van der Waals surface area contributed by atoms with Crippen molar-refractivity contribution in [3.05, 3.63) is 29.8 Å². The number of nitrogens with zero attached hydrogens (tertiary/aromatic N) is 1. The predicted octanol–water partition coefficient (Wildman–Crippen LogP) is 2.28. The van der Waals surface area contributed by atoms with Crippen LogP contribution in [0.1, 0.15) is 11.6 Å². The van der Waals surface area contributed by atoms with E-state index in [0.717, 1.165) is 0 Å². The quantitative estimate of drug-likeness (QED) is 0.766. The van der Waals surface area contributed by atoms with Gasteiger partial charge in [-0.2, -0.15) is 8.78 Å². The molecular weight excluding hydrogens is 340 g/mol. The Labute approximate surface area is 137 Å². The lowest BCUT2D eigenvalue weighted by Crippen LogP contribution is -2.51. The van der Waals surface area contributed by atoms with Crippen molar-refractivity contribution in [3.8, 4) is 5.75 Å². The first-order chi connectivity index (χ1) is 10.5. The number of ether oxygens (including phenoxy) is 1. The molecule has 2 rings (SSSR count). The summed E-state index contributed by atoms with van der Waals surface area (Å²) < 4.78 is 57.9. The van der Waals surface area contributed by atoms with Gasteiger partial charge >= 0.3 is 6.61 Å². The number of piperazine rings is 1. The van der Waals surface area contributed by atoms with Crippen molar-refractivity contribution in [2.75, 3.05) is 32.8 Å². The number of benzene rings is 1. The summed E-state index contributed by atoms with van der Waals surface area (Å²) in [5.41, 5.74) is -0.0521. The zero-order chi connectivity index (χ0) is 16.2. The van der Waals surface area contributed by atoms with Crippen LogP contribution in [0.2, 0.25) is 0 Å². The van der Waals surface area contributed by atoms with E-state index in [4.69, 9.17) is 5.11 Å². The van der Waals surface area contributed by atoms with Gasteiger partial charge in [0.05, 0.1) is 0 Å². The summed E-state index contributed by atoms with van der Waals surface area (Å²) in [7, 11) is 0. The molecule has 1 aliphatic heterocycles. The second-order valence-corrected chi connectivity index (χ2v) is 5.02. The summed E-state index contributed by atoms with van der Waals surface area (Å²) in [5, 5.41) is 12.1. The SMILES string of the molecule is Cl.OCC(F)(F)[C@@H](c1ccccc1OC(F)F)N1CCNCC1. The van der Waals surface area contributed by atoms with Gasteiger partial charge in [0.1, 0.15) is 18.4 Å². The van der Waals surface area contributed by atoms with Gasteiger partial charge in [0.25, 0.3) is 5.92 Å². The molecule has 1 aromatic rings. The van der Waals surface area contributed by atoms with E-state index in [0.29, 0.717) is 26.2 Å². The van der Waals surface area contributed by atoms with E-state index < -0.39 is 25.2 Å². The number of rotatable bonds is 6. The molecule has 0 radical (unpaired) electrons. The number of nitrogens with one attached hydrogen (secondary N) is 1. The van der Waals surface area contributed by atoms with Crippen LogP contribution in [0.4, 0.5) is 17.6 Å². The highest BCUT2D eigenvalue weighted by molar-refractivity contribution is 5.85. The van der Waals surface area contributed by atoms with Gasteiger partial charge in [-0.3, -0.25) is 4.90 Å². The number of hydrogen-bond acceptors (Lipinski definition) is 4. The van der Waals surface area contributed by atoms with Gasteiger partial charge < -0.3 is 15.2 Å². The fraction of sp³-hybridized carbons (Fsp3) is 0.571. The van der Waals surface area contributed by atoms with Crippen LogP contribution in [0.15, 0.2) is 24.3 Å². The second kappa shape index (κ2) is 8.68. The van der Waals surface area contributed by atoms with E-state index in [-0.39, 0.29) is 23.7 Å². The average Bonchev–Trinajstić information content (AvgIpc) is 2.49. The van der Waals surface area contributed by atoms with Crippen LogP contribution in [-0.2, 0) is 0 Å². The van der Waals surface area contributed by atoms with E-state index in [1.165, 1.54) is 29.2 Å². The van der Waals surface area contributed by atoms with Crippen molar-refractivity contribution >= 4 is 12.4 Å². The Morgan fingerprint density at radius 2 is 1.83 bits per heavy atom. The largest absolute Gasteiger partial charge is 0.434 e. The zero-order valence-corrected chi connectivity index (χ0v) is 13.0. The Hall–Kier alpha value is -1.09. The Morgan fingerprint density at radius 1 is 1.22 bits per heavy atom. The van der Waals surface area contributed by atoms with Crippen molar-refractivity contribution in [1.82, 2.24) is 10.2 Å². The van der Waals surface area contributed by atoms with E-state index in [2.05, 4.69) is 10.1 Å². The Balaban J connectivity index is 0.00000264. The van der Waals surface area contributed by atoms with Crippen LogP contribution in [0.3, 0.4) is 0 Å². The standard InChI is InChI=1S/C14H18F4N2O2.ClH/c15-13(16)22-11-4-2-1-3-10(11)12(14(17,18)9-21)20-7-5-19-6-8-20;/h1-4,12-13,19,21H,5-9H2;1H/t12-;/m1./s1. The molecule has 1 aliphatic rings. The van der Waals surface area contributed by atoms with Crippen LogP contribution in [0, 0.1) is 0 Å². The molecule has 1 atom stereocenters. The van der Waals surface area contributed by atoms with Crippen LogP contribution in [0.5, 0.6) is 5.75 Å². The van der Waals surface area contributed by atoms with Gasteiger partial charge in [0, 0.05) is 31.7 Å². The number of aliphatic hydroxyl groups is 1. The lowest BCUT2D eigenvalue weighted by Gasteiger charge is -2.39. The molecule has 0 amide bonds. The first-order valence-electron chi connectivity index (χ1n) is 6.93. The summed E-state index contributed by atoms with van der Waals surface area (Å²) in [6.07, 6.45) is 0. The summed E-state index contributed by atoms with van der Waals surface area (Å²) in [6.45, 7) is -2.81. The minimum absolute atomic E-state index is 0. The third-order valence-corrected chi connectivity index (χ3v) is 3.56. The maximum Gasteiger partial charge on any atom is 0.387 e. The number of hydrogen-bond donors (Lipinski definition) is 2. The average molecular weight is 359 g/mol. The number of halogens is 5. The maximum absolute atomic E-state index is 14.2. The molecule has 1 fully saturated rings. The fourth-order valence-electron chi connectivity index (χ4n) is 2.63. The summed E-state index contributed by atoms with van der Waals surface area (Å²) >= 11 is 0. The molecule has 23 heavy (non-hydrogen) atoms. The van der Waals surface area contributed by atoms with E-state index in [9.17, 15) is 17.6 Å². The third-order valence-electron chi connectivity index (χ3n) is 3.56. The molecule has 0 spiro atoms. The van der Waals surface area contributed by atoms with Crippen molar-refractivity contribution in [3.63, 3.8) is 0 Å². The predicted molar refractivity (Wildman–Crippen MR) is 79.5 cm³/mol. The van der Waals surface area contributed by atoms with Gasteiger partial charge in [0.15, 0.2) is 0 Å². The minimum atomic E-state index is -3.47. The number of alkyl halides is 4. The molecule has 4 nitrogen and oxygen atoms in total. The molecule has 1 aromatic carbocycles. The third kappa shape index (κ3) is 4.94. The summed E-state index contributed by atoms with van der Waals surface area (Å²) in [6, 6.07) is 3.95. The molecule has 132 valence electrons. The zero-order valence-electron chi connectivity index (χ0n) is 12.2. The van der Waals surface area contributed by atoms with Crippen LogP contribution in [-0.4, -0.2) is 55.3 Å². The molecule has 0 bridgehead atoms. The highest BCUT2D eigenvalue weighted by atomic mass is 35.5. The van der Waals surface area contributed by atoms with Gasteiger partial charge in [-0.25, -0.2) is 8.78 Å². The highest BCUT2D eigenvalue weighted by Gasteiger charge is 2.45. The molecule has 0 aliphatic carbocycles. The molecular formula is C14H19ClF4N2O2. The van der Waals surface area contributed by atoms with E-state index in [1.807, 2.05) is 0 Å². The number of aliphatic hydroxyl groups excluding tert-OH is 1. The molecule has 0 unspecified atom stereocenters. The van der Waals surface area contributed by atoms with Gasteiger partial charge in [-0.1, -0.05) is 18.2 Å². The highest BCUT2D eigenvalue weighted by Crippen LogP contribution is 2.40. The van der Waals surface area contributed by atoms with E-state index in [1.54, 1.807) is 0 Å².